The summed E-state index contributed by atoms with van der Waals surface area (Å²) in [5.74, 6) is -1.42. The number of Topliss-reactive ketones (excluding diaryl/α,β-unsaturated/α-hetero) is 1. The zero-order valence-electron chi connectivity index (χ0n) is 8.04. The Morgan fingerprint density at radius 1 is 1.56 bits per heavy atom. The van der Waals surface area contributed by atoms with E-state index in [-0.39, 0.29) is 23.7 Å². The highest BCUT2D eigenvalue weighted by Gasteiger charge is 2.14. The Labute approximate surface area is 95.2 Å². The first-order valence-corrected chi connectivity index (χ1v) is 4.70. The molecule has 0 unspecified atom stereocenters. The number of ketones is 1. The van der Waals surface area contributed by atoms with Crippen LogP contribution in [0, 0.1) is 5.82 Å². The number of carboxylic acid groups (broad SMARTS) is 1. The SMILES string of the molecule is O=C(O)NCCC(=O)c1ccnc(Cl)c1F. The molecule has 0 atom stereocenters. The molecule has 5 nitrogen and oxygen atoms in total. The van der Waals surface area contributed by atoms with Crippen molar-refractivity contribution < 1.29 is 19.1 Å². The van der Waals surface area contributed by atoms with E-state index < -0.39 is 17.7 Å². The molecule has 0 radical (unpaired) electrons. The van der Waals surface area contributed by atoms with Gasteiger partial charge < -0.3 is 10.4 Å². The number of nitrogens with one attached hydrogen (secondary N) is 1. The van der Waals surface area contributed by atoms with E-state index in [2.05, 4.69) is 4.98 Å². The van der Waals surface area contributed by atoms with Gasteiger partial charge in [-0.05, 0) is 6.07 Å². The Bertz CT molecular complexity index is 425. The number of rotatable bonds is 4. The van der Waals surface area contributed by atoms with Gasteiger partial charge in [0.05, 0.1) is 5.56 Å². The fourth-order valence-electron chi connectivity index (χ4n) is 1.05. The second kappa shape index (κ2) is 5.41. The van der Waals surface area contributed by atoms with Crippen LogP contribution in [-0.4, -0.2) is 28.5 Å². The van der Waals surface area contributed by atoms with Gasteiger partial charge in [-0.2, -0.15) is 0 Å². The van der Waals surface area contributed by atoms with Gasteiger partial charge in [-0.3, -0.25) is 4.79 Å². The molecule has 0 aliphatic rings. The lowest BCUT2D eigenvalue weighted by Gasteiger charge is -2.03. The van der Waals surface area contributed by atoms with Crippen molar-refractivity contribution in [3.05, 3.63) is 28.8 Å². The predicted octanol–water partition coefficient (Wildman–Crippen LogP) is 1.71. The van der Waals surface area contributed by atoms with E-state index >= 15 is 0 Å². The lowest BCUT2D eigenvalue weighted by Crippen LogP contribution is -2.24. The van der Waals surface area contributed by atoms with Gasteiger partial charge in [0.15, 0.2) is 16.8 Å². The summed E-state index contributed by atoms with van der Waals surface area (Å²) in [6, 6.07) is 1.20. The van der Waals surface area contributed by atoms with Gasteiger partial charge in [0.25, 0.3) is 0 Å². The van der Waals surface area contributed by atoms with Gasteiger partial charge in [-0.25, -0.2) is 14.2 Å². The van der Waals surface area contributed by atoms with Gasteiger partial charge in [0.2, 0.25) is 0 Å². The van der Waals surface area contributed by atoms with Gasteiger partial charge in [-0.15, -0.1) is 0 Å². The highest BCUT2D eigenvalue weighted by Crippen LogP contribution is 2.16. The van der Waals surface area contributed by atoms with Crippen LogP contribution in [-0.2, 0) is 0 Å². The summed E-state index contributed by atoms with van der Waals surface area (Å²) in [6.07, 6.45) is -0.159. The van der Waals surface area contributed by atoms with E-state index in [1.54, 1.807) is 0 Å². The summed E-state index contributed by atoms with van der Waals surface area (Å²) in [5, 5.41) is 9.90. The van der Waals surface area contributed by atoms with Gasteiger partial charge >= 0.3 is 6.09 Å². The standard InChI is InChI=1S/C9H8ClFN2O3/c10-8-7(11)5(1-3-12-8)6(14)2-4-13-9(15)16/h1,3,13H,2,4H2,(H,15,16). The second-order valence-electron chi connectivity index (χ2n) is 2.87. The number of pyridine rings is 1. The first-order chi connectivity index (χ1) is 7.52. The van der Waals surface area contributed by atoms with Crippen molar-refractivity contribution >= 4 is 23.5 Å². The summed E-state index contributed by atoms with van der Waals surface area (Å²) >= 11 is 5.39. The van der Waals surface area contributed by atoms with E-state index in [0.717, 1.165) is 0 Å². The number of halogens is 2. The van der Waals surface area contributed by atoms with Crippen LogP contribution in [0.4, 0.5) is 9.18 Å². The molecule has 1 aromatic heterocycles. The number of aromatic nitrogens is 1. The van der Waals surface area contributed by atoms with Crippen LogP contribution in [0.5, 0.6) is 0 Å². The molecule has 0 fully saturated rings. The Balaban J connectivity index is 2.66. The van der Waals surface area contributed by atoms with Crippen LogP contribution in [0.2, 0.25) is 5.15 Å². The largest absolute Gasteiger partial charge is 0.465 e. The molecule has 1 aromatic rings. The maximum absolute atomic E-state index is 13.3. The Kier molecular flexibility index (Phi) is 4.19. The average molecular weight is 247 g/mol. The zero-order chi connectivity index (χ0) is 12.1. The van der Waals surface area contributed by atoms with Gasteiger partial charge in [-0.1, -0.05) is 11.6 Å². The third kappa shape index (κ3) is 3.16. The molecule has 0 aliphatic heterocycles. The molecule has 0 spiro atoms. The van der Waals surface area contributed by atoms with Crippen molar-refractivity contribution in [3.8, 4) is 0 Å². The van der Waals surface area contributed by atoms with E-state index in [1.165, 1.54) is 12.3 Å². The molecule has 16 heavy (non-hydrogen) atoms. The summed E-state index contributed by atoms with van der Waals surface area (Å²) < 4.78 is 13.3. The van der Waals surface area contributed by atoms with Gasteiger partial charge in [0, 0.05) is 19.2 Å². The molecule has 0 saturated carbocycles. The Morgan fingerprint density at radius 2 is 2.25 bits per heavy atom. The Hall–Kier alpha value is -1.69. The summed E-state index contributed by atoms with van der Waals surface area (Å²) in [6.45, 7) is -0.0758. The predicted molar refractivity (Wildman–Crippen MR) is 54.2 cm³/mol. The Morgan fingerprint density at radius 3 is 2.88 bits per heavy atom. The molecule has 7 heteroatoms. The number of hydrogen-bond acceptors (Lipinski definition) is 3. The van der Waals surface area contributed by atoms with Crippen molar-refractivity contribution in [3.63, 3.8) is 0 Å². The molecule has 1 heterocycles. The molecule has 0 aliphatic carbocycles. The second-order valence-corrected chi connectivity index (χ2v) is 3.23. The molecular formula is C9H8ClFN2O3. The summed E-state index contributed by atoms with van der Waals surface area (Å²) in [5.41, 5.74) is -0.188. The quantitative estimate of drug-likeness (QED) is 0.626. The van der Waals surface area contributed by atoms with E-state index in [1.807, 2.05) is 5.32 Å². The first kappa shape index (κ1) is 12.4. The van der Waals surface area contributed by atoms with E-state index in [9.17, 15) is 14.0 Å². The highest BCUT2D eigenvalue weighted by atomic mass is 35.5. The van der Waals surface area contributed by atoms with Crippen molar-refractivity contribution in [2.45, 2.75) is 6.42 Å². The molecule has 0 saturated heterocycles. The molecular weight excluding hydrogens is 239 g/mol. The molecule has 1 rings (SSSR count). The monoisotopic (exact) mass is 246 g/mol. The minimum Gasteiger partial charge on any atom is -0.465 e. The van der Waals surface area contributed by atoms with Crippen LogP contribution >= 0.6 is 11.6 Å². The van der Waals surface area contributed by atoms with E-state index in [4.69, 9.17) is 16.7 Å². The molecule has 2 N–H and O–H groups in total. The van der Waals surface area contributed by atoms with Crippen LogP contribution in [0.15, 0.2) is 12.3 Å². The number of amides is 1. The zero-order valence-corrected chi connectivity index (χ0v) is 8.79. The maximum Gasteiger partial charge on any atom is 0.404 e. The van der Waals surface area contributed by atoms with Crippen LogP contribution < -0.4 is 5.32 Å². The van der Waals surface area contributed by atoms with Crippen molar-refractivity contribution in [1.29, 1.82) is 0 Å². The van der Waals surface area contributed by atoms with Crippen LogP contribution in [0.3, 0.4) is 0 Å². The lowest BCUT2D eigenvalue weighted by atomic mass is 10.1. The topological polar surface area (TPSA) is 79.3 Å². The minimum atomic E-state index is -1.24. The number of carbonyl (C=O) groups excluding carboxylic acids is 1. The van der Waals surface area contributed by atoms with Crippen molar-refractivity contribution in [1.82, 2.24) is 10.3 Å². The molecule has 1 amide bonds. The van der Waals surface area contributed by atoms with Crippen LogP contribution in [0.1, 0.15) is 16.8 Å². The molecule has 86 valence electrons. The van der Waals surface area contributed by atoms with E-state index in [0.29, 0.717) is 0 Å². The smallest absolute Gasteiger partial charge is 0.404 e. The molecule has 0 aromatic carbocycles. The number of carbonyl (C=O) groups is 2. The van der Waals surface area contributed by atoms with Crippen molar-refractivity contribution in [2.75, 3.05) is 6.54 Å². The third-order valence-corrected chi connectivity index (χ3v) is 2.04. The fourth-order valence-corrected chi connectivity index (χ4v) is 1.21. The average Bonchev–Trinajstić information content (AvgIpc) is 2.21. The summed E-state index contributed by atoms with van der Waals surface area (Å²) in [4.78, 5) is 25.0. The highest BCUT2D eigenvalue weighted by molar-refractivity contribution is 6.29. The maximum atomic E-state index is 13.3. The molecule has 0 bridgehead atoms. The normalized spacial score (nSPS) is 9.88. The minimum absolute atomic E-state index is 0.0758. The number of hydrogen-bond donors (Lipinski definition) is 2. The van der Waals surface area contributed by atoms with Crippen molar-refractivity contribution in [2.24, 2.45) is 0 Å². The fraction of sp³-hybridized carbons (Fsp3) is 0.222. The summed E-state index contributed by atoms with van der Waals surface area (Å²) in [7, 11) is 0. The first-order valence-electron chi connectivity index (χ1n) is 4.32. The third-order valence-electron chi connectivity index (χ3n) is 1.78. The van der Waals surface area contributed by atoms with Gasteiger partial charge in [0.1, 0.15) is 0 Å². The lowest BCUT2D eigenvalue weighted by molar-refractivity contribution is 0.0979. The van der Waals surface area contributed by atoms with Crippen LogP contribution in [0.25, 0.3) is 0 Å². The number of nitrogens with zero attached hydrogens (tertiary/aromatic N) is 1.